The zero-order valence-electron chi connectivity index (χ0n) is 10.8. The molecule has 0 aliphatic rings. The van der Waals surface area contributed by atoms with Crippen LogP contribution in [0.1, 0.15) is 12.0 Å². The zero-order valence-corrected chi connectivity index (χ0v) is 11.5. The molecular formula is C14H17ClN2O2. The SMILES string of the molecule is Cn1cc(CCC(O)COc2ccc(Cl)cc2)cn1. The molecule has 1 atom stereocenters. The molecule has 4 nitrogen and oxygen atoms in total. The Morgan fingerprint density at radius 3 is 2.74 bits per heavy atom. The first kappa shape index (κ1) is 13.9. The second-order valence-electron chi connectivity index (χ2n) is 4.48. The first-order valence-electron chi connectivity index (χ1n) is 6.17. The fourth-order valence-corrected chi connectivity index (χ4v) is 1.87. The minimum absolute atomic E-state index is 0.280. The molecular weight excluding hydrogens is 264 g/mol. The van der Waals surface area contributed by atoms with Gasteiger partial charge in [-0.05, 0) is 42.7 Å². The largest absolute Gasteiger partial charge is 0.491 e. The lowest BCUT2D eigenvalue weighted by Crippen LogP contribution is -2.18. The third kappa shape index (κ3) is 4.58. The first-order valence-corrected chi connectivity index (χ1v) is 6.55. The smallest absolute Gasteiger partial charge is 0.119 e. The number of hydrogen-bond donors (Lipinski definition) is 1. The number of nitrogens with zero attached hydrogens (tertiary/aromatic N) is 2. The lowest BCUT2D eigenvalue weighted by atomic mass is 10.1. The summed E-state index contributed by atoms with van der Waals surface area (Å²) in [6.45, 7) is 0.280. The van der Waals surface area contributed by atoms with E-state index >= 15 is 0 Å². The van der Waals surface area contributed by atoms with Crippen LogP contribution in [0, 0.1) is 0 Å². The Kier molecular flexibility index (Phi) is 4.82. The molecule has 1 N–H and O–H groups in total. The van der Waals surface area contributed by atoms with E-state index in [-0.39, 0.29) is 6.61 Å². The average Bonchev–Trinajstić information content (AvgIpc) is 2.81. The molecule has 102 valence electrons. The van der Waals surface area contributed by atoms with Crippen molar-refractivity contribution in [2.75, 3.05) is 6.61 Å². The molecule has 19 heavy (non-hydrogen) atoms. The van der Waals surface area contributed by atoms with Crippen LogP contribution in [0.4, 0.5) is 0 Å². The molecule has 0 bridgehead atoms. The van der Waals surface area contributed by atoms with E-state index in [1.807, 2.05) is 19.4 Å². The molecule has 0 spiro atoms. The van der Waals surface area contributed by atoms with Crippen LogP contribution in [0.15, 0.2) is 36.7 Å². The summed E-state index contributed by atoms with van der Waals surface area (Å²) in [6.07, 6.45) is 4.72. The summed E-state index contributed by atoms with van der Waals surface area (Å²) in [5, 5.41) is 14.6. The van der Waals surface area contributed by atoms with Crippen molar-refractivity contribution in [3.8, 4) is 5.75 Å². The summed E-state index contributed by atoms with van der Waals surface area (Å²) >= 11 is 5.78. The lowest BCUT2D eigenvalue weighted by molar-refractivity contribution is 0.100. The van der Waals surface area contributed by atoms with Gasteiger partial charge in [-0.25, -0.2) is 0 Å². The van der Waals surface area contributed by atoms with Crippen molar-refractivity contribution in [1.29, 1.82) is 0 Å². The number of aliphatic hydroxyl groups is 1. The summed E-state index contributed by atoms with van der Waals surface area (Å²) in [6, 6.07) is 7.10. The third-order valence-corrected chi connectivity index (χ3v) is 3.03. The maximum atomic E-state index is 9.85. The van der Waals surface area contributed by atoms with Gasteiger partial charge in [-0.2, -0.15) is 5.10 Å². The van der Waals surface area contributed by atoms with Crippen molar-refractivity contribution >= 4 is 11.6 Å². The molecule has 0 aliphatic heterocycles. The van der Waals surface area contributed by atoms with Crippen molar-refractivity contribution < 1.29 is 9.84 Å². The molecule has 2 rings (SSSR count). The van der Waals surface area contributed by atoms with Gasteiger partial charge in [0.15, 0.2) is 0 Å². The normalized spacial score (nSPS) is 12.4. The van der Waals surface area contributed by atoms with Crippen molar-refractivity contribution in [3.05, 3.63) is 47.2 Å². The van der Waals surface area contributed by atoms with E-state index < -0.39 is 6.10 Å². The van der Waals surface area contributed by atoms with E-state index in [4.69, 9.17) is 16.3 Å². The molecule has 0 radical (unpaired) electrons. The Hall–Kier alpha value is -1.52. The van der Waals surface area contributed by atoms with Gasteiger partial charge in [0.2, 0.25) is 0 Å². The maximum Gasteiger partial charge on any atom is 0.119 e. The van der Waals surface area contributed by atoms with Crippen LogP contribution >= 0.6 is 11.6 Å². The van der Waals surface area contributed by atoms with E-state index in [2.05, 4.69) is 5.10 Å². The van der Waals surface area contributed by atoms with Crippen molar-refractivity contribution in [2.45, 2.75) is 18.9 Å². The topological polar surface area (TPSA) is 47.3 Å². The first-order chi connectivity index (χ1) is 9.13. The predicted molar refractivity (Wildman–Crippen MR) is 74.5 cm³/mol. The number of aromatic nitrogens is 2. The average molecular weight is 281 g/mol. The van der Waals surface area contributed by atoms with Gasteiger partial charge in [0, 0.05) is 18.3 Å². The minimum Gasteiger partial charge on any atom is -0.491 e. The van der Waals surface area contributed by atoms with Gasteiger partial charge >= 0.3 is 0 Å². The third-order valence-electron chi connectivity index (χ3n) is 2.78. The van der Waals surface area contributed by atoms with Crippen molar-refractivity contribution in [2.24, 2.45) is 7.05 Å². The van der Waals surface area contributed by atoms with Gasteiger partial charge in [0.25, 0.3) is 0 Å². The second kappa shape index (κ2) is 6.59. The van der Waals surface area contributed by atoms with Crippen molar-refractivity contribution in [1.82, 2.24) is 9.78 Å². The standard InChI is InChI=1S/C14H17ClN2O2/c1-17-9-11(8-16-17)2-5-13(18)10-19-14-6-3-12(15)4-7-14/h3-4,6-9,13,18H,2,5,10H2,1H3. The monoisotopic (exact) mass is 280 g/mol. The van der Waals surface area contributed by atoms with Gasteiger partial charge in [-0.1, -0.05) is 11.6 Å². The number of aliphatic hydroxyl groups excluding tert-OH is 1. The molecule has 0 saturated heterocycles. The van der Waals surface area contributed by atoms with Crippen LogP contribution < -0.4 is 4.74 Å². The molecule has 5 heteroatoms. The van der Waals surface area contributed by atoms with E-state index in [0.29, 0.717) is 17.2 Å². The quantitative estimate of drug-likeness (QED) is 0.884. The summed E-state index contributed by atoms with van der Waals surface area (Å²) < 4.78 is 7.24. The highest BCUT2D eigenvalue weighted by Gasteiger charge is 2.07. The zero-order chi connectivity index (χ0) is 13.7. The fourth-order valence-electron chi connectivity index (χ4n) is 1.74. The summed E-state index contributed by atoms with van der Waals surface area (Å²) in [5.74, 6) is 0.713. The highest BCUT2D eigenvalue weighted by Crippen LogP contribution is 2.16. The molecule has 0 saturated carbocycles. The summed E-state index contributed by atoms with van der Waals surface area (Å²) in [4.78, 5) is 0. The molecule has 0 amide bonds. The van der Waals surface area contributed by atoms with Crippen LogP contribution in [0.2, 0.25) is 5.02 Å². The molecule has 2 aromatic rings. The Labute approximate surface area is 117 Å². The number of ether oxygens (including phenoxy) is 1. The van der Waals surface area contributed by atoms with Gasteiger partial charge in [-0.3, -0.25) is 4.68 Å². The summed E-state index contributed by atoms with van der Waals surface area (Å²) in [7, 11) is 1.88. The van der Waals surface area contributed by atoms with Gasteiger partial charge in [-0.15, -0.1) is 0 Å². The highest BCUT2D eigenvalue weighted by molar-refractivity contribution is 6.30. The molecule has 1 heterocycles. The highest BCUT2D eigenvalue weighted by atomic mass is 35.5. The van der Waals surface area contributed by atoms with Crippen LogP contribution in [0.25, 0.3) is 0 Å². The van der Waals surface area contributed by atoms with Crippen LogP contribution in [0.5, 0.6) is 5.75 Å². The molecule has 1 aromatic heterocycles. The molecule has 1 aromatic carbocycles. The van der Waals surface area contributed by atoms with Gasteiger partial charge in [0.1, 0.15) is 12.4 Å². The Morgan fingerprint density at radius 2 is 2.11 bits per heavy atom. The number of benzene rings is 1. The minimum atomic E-state index is -0.490. The van der Waals surface area contributed by atoms with E-state index in [1.54, 1.807) is 28.9 Å². The Morgan fingerprint density at radius 1 is 1.37 bits per heavy atom. The molecule has 0 fully saturated rings. The van der Waals surface area contributed by atoms with Crippen LogP contribution in [-0.4, -0.2) is 27.6 Å². The van der Waals surface area contributed by atoms with Crippen LogP contribution in [-0.2, 0) is 13.5 Å². The number of halogens is 1. The van der Waals surface area contributed by atoms with Crippen LogP contribution in [0.3, 0.4) is 0 Å². The van der Waals surface area contributed by atoms with E-state index in [9.17, 15) is 5.11 Å². The molecule has 1 unspecified atom stereocenters. The second-order valence-corrected chi connectivity index (χ2v) is 4.92. The van der Waals surface area contributed by atoms with Crippen molar-refractivity contribution in [3.63, 3.8) is 0 Å². The molecule has 0 aliphatic carbocycles. The lowest BCUT2D eigenvalue weighted by Gasteiger charge is -2.11. The number of rotatable bonds is 6. The Balaban J connectivity index is 1.72. The summed E-state index contributed by atoms with van der Waals surface area (Å²) in [5.41, 5.74) is 1.12. The Bertz CT molecular complexity index is 510. The van der Waals surface area contributed by atoms with E-state index in [1.165, 1.54) is 0 Å². The fraction of sp³-hybridized carbons (Fsp3) is 0.357. The van der Waals surface area contributed by atoms with Gasteiger partial charge < -0.3 is 9.84 Å². The number of hydrogen-bond acceptors (Lipinski definition) is 3. The maximum absolute atomic E-state index is 9.85. The van der Waals surface area contributed by atoms with Gasteiger partial charge in [0.05, 0.1) is 12.3 Å². The van der Waals surface area contributed by atoms with E-state index in [0.717, 1.165) is 12.0 Å². The predicted octanol–water partition coefficient (Wildman–Crippen LogP) is 2.45. The number of aryl methyl sites for hydroxylation is 2.